The van der Waals surface area contributed by atoms with Gasteiger partial charge in [0.15, 0.2) is 0 Å². The topological polar surface area (TPSA) is 91.4 Å². The lowest BCUT2D eigenvalue weighted by atomic mass is 10.1. The molecule has 6 nitrogen and oxygen atoms in total. The zero-order valence-corrected chi connectivity index (χ0v) is 13.3. The molecule has 6 heteroatoms. The Morgan fingerprint density at radius 1 is 1.22 bits per heavy atom. The summed E-state index contributed by atoms with van der Waals surface area (Å²) in [4.78, 5) is 25.4. The highest BCUT2D eigenvalue weighted by molar-refractivity contribution is 5.86. The van der Waals surface area contributed by atoms with Crippen LogP contribution in [0, 0.1) is 0 Å². The number of hydrogen-bond donors (Lipinski definition) is 3. The number of carboxylic acid groups (broad SMARTS) is 1. The molecule has 1 aromatic carbocycles. The number of amides is 1. The third-order valence-corrected chi connectivity index (χ3v) is 2.99. The van der Waals surface area contributed by atoms with Gasteiger partial charge in [0, 0.05) is 12.2 Å². The molecule has 2 rings (SSSR count). The smallest absolute Gasteiger partial charge is 0.407 e. The van der Waals surface area contributed by atoms with E-state index in [1.54, 1.807) is 26.8 Å². The summed E-state index contributed by atoms with van der Waals surface area (Å²) in [5.74, 6) is -1.00. The summed E-state index contributed by atoms with van der Waals surface area (Å²) in [6.45, 7) is 5.74. The third kappa shape index (κ3) is 4.88. The van der Waals surface area contributed by atoms with Crippen LogP contribution in [0.4, 0.5) is 4.79 Å². The summed E-state index contributed by atoms with van der Waals surface area (Å²) >= 11 is 0. The SMILES string of the molecule is CC(C)(C)OC(=O)NCc1cccc(-c2ccc(C(=O)O)[nH]2)c1. The fraction of sp³-hybridized carbons (Fsp3) is 0.294. The van der Waals surface area contributed by atoms with Gasteiger partial charge in [-0.2, -0.15) is 0 Å². The quantitative estimate of drug-likeness (QED) is 0.806. The van der Waals surface area contributed by atoms with Crippen LogP contribution in [0.5, 0.6) is 0 Å². The van der Waals surface area contributed by atoms with Crippen molar-refractivity contribution in [3.8, 4) is 11.3 Å². The second-order valence-corrected chi connectivity index (χ2v) is 6.15. The lowest BCUT2D eigenvalue weighted by Crippen LogP contribution is -2.32. The van der Waals surface area contributed by atoms with Crippen molar-refractivity contribution in [1.82, 2.24) is 10.3 Å². The molecule has 0 aliphatic carbocycles. The number of carboxylic acids is 1. The van der Waals surface area contributed by atoms with Gasteiger partial charge in [0.2, 0.25) is 0 Å². The van der Waals surface area contributed by atoms with Gasteiger partial charge in [-0.15, -0.1) is 0 Å². The van der Waals surface area contributed by atoms with Crippen LogP contribution in [0.1, 0.15) is 36.8 Å². The lowest BCUT2D eigenvalue weighted by Gasteiger charge is -2.19. The maximum absolute atomic E-state index is 11.7. The highest BCUT2D eigenvalue weighted by atomic mass is 16.6. The van der Waals surface area contributed by atoms with Crippen molar-refractivity contribution in [2.24, 2.45) is 0 Å². The highest BCUT2D eigenvalue weighted by Crippen LogP contribution is 2.20. The molecule has 0 bridgehead atoms. The first-order valence-corrected chi connectivity index (χ1v) is 7.23. The van der Waals surface area contributed by atoms with Gasteiger partial charge in [0.05, 0.1) is 0 Å². The van der Waals surface area contributed by atoms with Gasteiger partial charge in [0.1, 0.15) is 11.3 Å². The molecule has 0 atom stereocenters. The Hall–Kier alpha value is -2.76. The molecule has 1 heterocycles. The summed E-state index contributed by atoms with van der Waals surface area (Å²) in [6.07, 6.45) is -0.476. The maximum atomic E-state index is 11.7. The van der Waals surface area contributed by atoms with Crippen LogP contribution < -0.4 is 5.32 Å². The first kappa shape index (κ1) is 16.6. The number of ether oxygens (including phenoxy) is 1. The van der Waals surface area contributed by atoms with Crippen molar-refractivity contribution in [2.75, 3.05) is 0 Å². The molecule has 2 aromatic rings. The van der Waals surface area contributed by atoms with Gasteiger partial charge in [-0.25, -0.2) is 9.59 Å². The highest BCUT2D eigenvalue weighted by Gasteiger charge is 2.15. The van der Waals surface area contributed by atoms with Gasteiger partial charge in [-0.1, -0.05) is 18.2 Å². The van der Waals surface area contributed by atoms with Crippen LogP contribution in [-0.2, 0) is 11.3 Å². The van der Waals surface area contributed by atoms with E-state index in [9.17, 15) is 9.59 Å². The van der Waals surface area contributed by atoms with Gasteiger partial charge >= 0.3 is 12.1 Å². The van der Waals surface area contributed by atoms with Crippen molar-refractivity contribution in [3.63, 3.8) is 0 Å². The number of nitrogens with one attached hydrogen (secondary N) is 2. The van der Waals surface area contributed by atoms with E-state index in [-0.39, 0.29) is 5.69 Å². The van der Waals surface area contributed by atoms with E-state index in [4.69, 9.17) is 9.84 Å². The molecule has 0 spiro atoms. The number of rotatable bonds is 4. The molecule has 0 aliphatic heterocycles. The molecule has 3 N–H and O–H groups in total. The van der Waals surface area contributed by atoms with Crippen LogP contribution in [0.15, 0.2) is 36.4 Å². The molecule has 1 aromatic heterocycles. The van der Waals surface area contributed by atoms with Crippen molar-refractivity contribution in [2.45, 2.75) is 32.9 Å². The standard InChI is InChI=1S/C17H20N2O4/c1-17(2,3)23-16(22)18-10-11-5-4-6-12(9-11)13-7-8-14(19-13)15(20)21/h4-9,19H,10H2,1-3H3,(H,18,22)(H,20,21). The molecular weight excluding hydrogens is 296 g/mol. The lowest BCUT2D eigenvalue weighted by molar-refractivity contribution is 0.0523. The number of aromatic amines is 1. The summed E-state index contributed by atoms with van der Waals surface area (Å²) in [5.41, 5.74) is 2.04. The van der Waals surface area contributed by atoms with E-state index < -0.39 is 17.7 Å². The molecule has 23 heavy (non-hydrogen) atoms. The Morgan fingerprint density at radius 2 is 1.96 bits per heavy atom. The average Bonchev–Trinajstić information content (AvgIpc) is 2.94. The number of alkyl carbamates (subject to hydrolysis) is 1. The molecule has 1 amide bonds. The summed E-state index contributed by atoms with van der Waals surface area (Å²) < 4.78 is 5.18. The van der Waals surface area contributed by atoms with E-state index in [1.165, 1.54) is 6.07 Å². The summed E-state index contributed by atoms with van der Waals surface area (Å²) in [5, 5.41) is 11.6. The van der Waals surface area contributed by atoms with Crippen molar-refractivity contribution >= 4 is 12.1 Å². The Labute approximate surface area is 134 Å². The second kappa shape index (κ2) is 6.56. The number of aromatic carboxylic acids is 1. The fourth-order valence-corrected chi connectivity index (χ4v) is 2.03. The van der Waals surface area contributed by atoms with E-state index in [1.807, 2.05) is 24.3 Å². The largest absolute Gasteiger partial charge is 0.477 e. The van der Waals surface area contributed by atoms with Gasteiger partial charge < -0.3 is 20.1 Å². The van der Waals surface area contributed by atoms with Gasteiger partial charge in [0.25, 0.3) is 0 Å². The number of carbonyl (C=O) groups excluding carboxylic acids is 1. The molecule has 0 unspecified atom stereocenters. The van der Waals surface area contributed by atoms with Crippen molar-refractivity contribution in [3.05, 3.63) is 47.7 Å². The summed E-state index contributed by atoms with van der Waals surface area (Å²) in [7, 11) is 0. The van der Waals surface area contributed by atoms with Crippen LogP contribution in [0.3, 0.4) is 0 Å². The first-order chi connectivity index (χ1) is 10.7. The molecule has 0 saturated heterocycles. The van der Waals surface area contributed by atoms with E-state index in [0.29, 0.717) is 12.2 Å². The van der Waals surface area contributed by atoms with E-state index in [2.05, 4.69) is 10.3 Å². The van der Waals surface area contributed by atoms with Gasteiger partial charge in [-0.05, 0) is 50.1 Å². The van der Waals surface area contributed by atoms with E-state index in [0.717, 1.165) is 11.1 Å². The average molecular weight is 316 g/mol. The number of hydrogen-bond acceptors (Lipinski definition) is 3. The predicted molar refractivity (Wildman–Crippen MR) is 86.3 cm³/mol. The van der Waals surface area contributed by atoms with Crippen LogP contribution in [0.2, 0.25) is 0 Å². The first-order valence-electron chi connectivity index (χ1n) is 7.23. The van der Waals surface area contributed by atoms with Crippen LogP contribution in [-0.4, -0.2) is 27.8 Å². The second-order valence-electron chi connectivity index (χ2n) is 6.15. The number of H-pyrrole nitrogens is 1. The molecule has 0 saturated carbocycles. The van der Waals surface area contributed by atoms with E-state index >= 15 is 0 Å². The molecule has 122 valence electrons. The monoisotopic (exact) mass is 316 g/mol. The molecule has 0 radical (unpaired) electrons. The Bertz CT molecular complexity index is 713. The predicted octanol–water partition coefficient (Wildman–Crippen LogP) is 3.40. The third-order valence-electron chi connectivity index (χ3n) is 2.99. The normalized spacial score (nSPS) is 11.1. The number of carbonyl (C=O) groups is 2. The number of aromatic nitrogens is 1. The van der Waals surface area contributed by atoms with Crippen molar-refractivity contribution in [1.29, 1.82) is 0 Å². The minimum atomic E-state index is -1.00. The van der Waals surface area contributed by atoms with Crippen LogP contribution in [0.25, 0.3) is 11.3 Å². The van der Waals surface area contributed by atoms with Crippen molar-refractivity contribution < 1.29 is 19.4 Å². The van der Waals surface area contributed by atoms with Gasteiger partial charge in [-0.3, -0.25) is 0 Å². The zero-order valence-electron chi connectivity index (χ0n) is 13.3. The minimum absolute atomic E-state index is 0.136. The zero-order chi connectivity index (χ0) is 17.0. The minimum Gasteiger partial charge on any atom is -0.477 e. The molecule has 0 fully saturated rings. The van der Waals surface area contributed by atoms with Crippen LogP contribution >= 0.6 is 0 Å². The Morgan fingerprint density at radius 3 is 2.57 bits per heavy atom. The maximum Gasteiger partial charge on any atom is 0.407 e. The molecular formula is C17H20N2O4. The molecule has 0 aliphatic rings. The Kier molecular flexibility index (Phi) is 4.74. The Balaban J connectivity index is 2.05. The number of benzene rings is 1. The summed E-state index contributed by atoms with van der Waals surface area (Å²) in [6, 6.07) is 10.7. The fourth-order valence-electron chi connectivity index (χ4n) is 2.03.